The minimum atomic E-state index is -0.490. The fraction of sp³-hybridized carbons (Fsp3) is 0.833. The van der Waals surface area contributed by atoms with Crippen molar-refractivity contribution in [2.24, 2.45) is 0 Å². The number of hydrogen-bond acceptors (Lipinski definition) is 3. The number of rotatable bonds is 3. The van der Waals surface area contributed by atoms with Crippen LogP contribution >= 0.6 is 15.9 Å². The van der Waals surface area contributed by atoms with Crippen LogP contribution in [0.1, 0.15) is 27.2 Å². The molecular formula is C12H21BrN2O3. The maximum Gasteiger partial charge on any atom is 0.410 e. The van der Waals surface area contributed by atoms with Gasteiger partial charge < -0.3 is 14.5 Å². The molecule has 0 aromatic carbocycles. The van der Waals surface area contributed by atoms with Gasteiger partial charge >= 0.3 is 6.09 Å². The quantitative estimate of drug-likeness (QED) is 0.746. The monoisotopic (exact) mass is 320 g/mol. The molecule has 6 heteroatoms. The molecule has 1 fully saturated rings. The topological polar surface area (TPSA) is 49.9 Å². The molecule has 18 heavy (non-hydrogen) atoms. The van der Waals surface area contributed by atoms with Crippen molar-refractivity contribution in [3.63, 3.8) is 0 Å². The van der Waals surface area contributed by atoms with Gasteiger partial charge in [-0.15, -0.1) is 0 Å². The van der Waals surface area contributed by atoms with Crippen molar-refractivity contribution in [2.75, 3.05) is 26.7 Å². The number of carbonyl (C=O) groups is 2. The third-order valence-electron chi connectivity index (χ3n) is 2.58. The molecule has 0 spiro atoms. The van der Waals surface area contributed by atoms with E-state index in [0.29, 0.717) is 26.1 Å². The van der Waals surface area contributed by atoms with E-state index in [1.807, 2.05) is 20.8 Å². The molecule has 1 saturated heterocycles. The SMILES string of the molecule is CN(CCN1CC(Br)CC1=O)C(=O)OC(C)(C)C. The van der Waals surface area contributed by atoms with Crippen molar-refractivity contribution in [3.8, 4) is 0 Å². The van der Waals surface area contributed by atoms with Crippen LogP contribution in [0.25, 0.3) is 0 Å². The molecule has 5 nitrogen and oxygen atoms in total. The van der Waals surface area contributed by atoms with Crippen LogP contribution in [0.2, 0.25) is 0 Å². The fourth-order valence-corrected chi connectivity index (χ4v) is 2.27. The lowest BCUT2D eigenvalue weighted by Crippen LogP contribution is -2.39. The second kappa shape index (κ2) is 5.91. The maximum atomic E-state index is 11.7. The van der Waals surface area contributed by atoms with Crippen LogP contribution in [-0.4, -0.2) is 58.9 Å². The van der Waals surface area contributed by atoms with Crippen molar-refractivity contribution in [1.29, 1.82) is 0 Å². The van der Waals surface area contributed by atoms with Gasteiger partial charge in [0.15, 0.2) is 0 Å². The summed E-state index contributed by atoms with van der Waals surface area (Å²) >= 11 is 3.43. The van der Waals surface area contributed by atoms with E-state index in [4.69, 9.17) is 4.74 Å². The van der Waals surface area contributed by atoms with E-state index in [9.17, 15) is 9.59 Å². The number of hydrogen-bond donors (Lipinski definition) is 0. The molecular weight excluding hydrogens is 300 g/mol. The van der Waals surface area contributed by atoms with Crippen molar-refractivity contribution in [3.05, 3.63) is 0 Å². The molecule has 0 radical (unpaired) electrons. The molecule has 1 aliphatic rings. The van der Waals surface area contributed by atoms with Gasteiger partial charge in [0.2, 0.25) is 5.91 Å². The molecule has 1 aliphatic heterocycles. The molecule has 1 heterocycles. The zero-order chi connectivity index (χ0) is 13.9. The van der Waals surface area contributed by atoms with Gasteiger partial charge in [0, 0.05) is 37.9 Å². The van der Waals surface area contributed by atoms with Crippen LogP contribution in [0.5, 0.6) is 0 Å². The van der Waals surface area contributed by atoms with Gasteiger partial charge in [0.05, 0.1) is 0 Å². The number of alkyl halides is 1. The van der Waals surface area contributed by atoms with Crippen LogP contribution in [-0.2, 0) is 9.53 Å². The molecule has 104 valence electrons. The first-order valence-electron chi connectivity index (χ1n) is 6.05. The summed E-state index contributed by atoms with van der Waals surface area (Å²) in [5.74, 6) is 0.134. The van der Waals surface area contributed by atoms with Crippen molar-refractivity contribution < 1.29 is 14.3 Å². The summed E-state index contributed by atoms with van der Waals surface area (Å²) in [4.78, 5) is 26.8. The van der Waals surface area contributed by atoms with Gasteiger partial charge in [-0.3, -0.25) is 4.79 Å². The highest BCUT2D eigenvalue weighted by Gasteiger charge is 2.28. The molecule has 0 saturated carbocycles. The average Bonchev–Trinajstić information content (AvgIpc) is 2.51. The van der Waals surface area contributed by atoms with Gasteiger partial charge in [-0.25, -0.2) is 4.79 Å². The van der Waals surface area contributed by atoms with Crippen LogP contribution in [0.15, 0.2) is 0 Å². The second-order valence-corrected chi connectivity index (χ2v) is 6.84. The van der Waals surface area contributed by atoms with Crippen molar-refractivity contribution in [2.45, 2.75) is 37.6 Å². The number of halogens is 1. The molecule has 0 aromatic heterocycles. The molecule has 1 unspecified atom stereocenters. The zero-order valence-corrected chi connectivity index (χ0v) is 13.0. The molecule has 2 amide bonds. The molecule has 1 atom stereocenters. The standard InChI is InChI=1S/C12H21BrN2O3/c1-12(2,3)18-11(17)14(4)5-6-15-8-9(13)7-10(15)16/h9H,5-8H2,1-4H3. The van der Waals surface area contributed by atoms with Gasteiger partial charge in [0.25, 0.3) is 0 Å². The van der Waals surface area contributed by atoms with Crippen LogP contribution in [0.3, 0.4) is 0 Å². The lowest BCUT2D eigenvalue weighted by Gasteiger charge is -2.26. The second-order valence-electron chi connectivity index (χ2n) is 5.54. The van der Waals surface area contributed by atoms with Gasteiger partial charge in [-0.2, -0.15) is 0 Å². The lowest BCUT2D eigenvalue weighted by atomic mass is 10.2. The summed E-state index contributed by atoms with van der Waals surface area (Å²) in [5, 5.41) is 0. The molecule has 0 N–H and O–H groups in total. The molecule has 0 bridgehead atoms. The van der Waals surface area contributed by atoms with Gasteiger partial charge in [-0.1, -0.05) is 15.9 Å². The Balaban J connectivity index is 2.35. The summed E-state index contributed by atoms with van der Waals surface area (Å²) in [7, 11) is 1.68. The Hall–Kier alpha value is -0.780. The summed E-state index contributed by atoms with van der Waals surface area (Å²) in [5.41, 5.74) is -0.490. The van der Waals surface area contributed by atoms with E-state index in [2.05, 4.69) is 15.9 Å². The Morgan fingerprint density at radius 1 is 1.56 bits per heavy atom. The van der Waals surface area contributed by atoms with E-state index in [-0.39, 0.29) is 16.8 Å². The summed E-state index contributed by atoms with van der Waals surface area (Å²) < 4.78 is 5.24. The third-order valence-corrected chi connectivity index (χ3v) is 3.19. The van der Waals surface area contributed by atoms with E-state index in [1.54, 1.807) is 11.9 Å². The summed E-state index contributed by atoms with van der Waals surface area (Å²) in [6, 6.07) is 0. The van der Waals surface area contributed by atoms with Crippen molar-refractivity contribution in [1.82, 2.24) is 9.80 Å². The predicted molar refractivity (Wildman–Crippen MR) is 72.8 cm³/mol. The summed E-state index contributed by atoms with van der Waals surface area (Å²) in [6.07, 6.45) is 0.181. The van der Waals surface area contributed by atoms with Gasteiger partial charge in [-0.05, 0) is 20.8 Å². The Morgan fingerprint density at radius 3 is 2.61 bits per heavy atom. The number of nitrogens with zero attached hydrogens (tertiary/aromatic N) is 2. The number of likely N-dealkylation sites (tertiary alicyclic amines) is 1. The number of carbonyl (C=O) groups excluding carboxylic acids is 2. The smallest absolute Gasteiger partial charge is 0.410 e. The first-order valence-corrected chi connectivity index (χ1v) is 6.96. The van der Waals surface area contributed by atoms with Crippen LogP contribution < -0.4 is 0 Å². The highest BCUT2D eigenvalue weighted by atomic mass is 79.9. The Morgan fingerprint density at radius 2 is 2.17 bits per heavy atom. The molecule has 0 aromatic rings. The van der Waals surface area contributed by atoms with Crippen LogP contribution in [0, 0.1) is 0 Å². The lowest BCUT2D eigenvalue weighted by molar-refractivity contribution is -0.127. The number of amides is 2. The Labute approximate surface area is 117 Å². The van der Waals surface area contributed by atoms with E-state index >= 15 is 0 Å². The van der Waals surface area contributed by atoms with Crippen LogP contribution in [0.4, 0.5) is 4.79 Å². The minimum Gasteiger partial charge on any atom is -0.444 e. The largest absolute Gasteiger partial charge is 0.444 e. The molecule has 1 rings (SSSR count). The van der Waals surface area contributed by atoms with Crippen molar-refractivity contribution >= 4 is 27.9 Å². The fourth-order valence-electron chi connectivity index (χ4n) is 1.64. The predicted octanol–water partition coefficient (Wildman–Crippen LogP) is 1.85. The maximum absolute atomic E-state index is 11.7. The highest BCUT2D eigenvalue weighted by Crippen LogP contribution is 2.17. The summed E-state index contributed by atoms with van der Waals surface area (Å²) in [6.45, 7) is 7.24. The van der Waals surface area contributed by atoms with E-state index < -0.39 is 5.60 Å². The minimum absolute atomic E-state index is 0.134. The Bertz CT molecular complexity index is 328. The first kappa shape index (κ1) is 15.3. The Kier molecular flexibility index (Phi) is 5.01. The first-order chi connectivity index (χ1) is 8.19. The number of ether oxygens (including phenoxy) is 1. The van der Waals surface area contributed by atoms with E-state index in [1.165, 1.54) is 4.90 Å². The third kappa shape index (κ3) is 4.84. The van der Waals surface area contributed by atoms with Gasteiger partial charge in [0.1, 0.15) is 5.60 Å². The highest BCUT2D eigenvalue weighted by molar-refractivity contribution is 9.09. The molecule has 0 aliphatic carbocycles. The number of likely N-dealkylation sites (N-methyl/N-ethyl adjacent to an activating group) is 1. The zero-order valence-electron chi connectivity index (χ0n) is 11.4. The average molecular weight is 321 g/mol. The normalized spacial score (nSPS) is 20.2. The van der Waals surface area contributed by atoms with E-state index in [0.717, 1.165) is 0 Å².